The number of carboxylic acid groups (broad SMARTS) is 1. The second-order valence-electron chi connectivity index (χ2n) is 7.46. The van der Waals surface area contributed by atoms with E-state index in [9.17, 15) is 35.8 Å². The van der Waals surface area contributed by atoms with Gasteiger partial charge in [0.1, 0.15) is 0 Å². The molecule has 4 rings (SSSR count). The quantitative estimate of drug-likeness (QED) is 0.156. The Morgan fingerprint density at radius 2 is 1.56 bits per heavy atom. The van der Waals surface area contributed by atoms with Crippen molar-refractivity contribution in [3.05, 3.63) is 58.9 Å². The molecule has 176 valence electrons. The molecule has 0 atom stereocenters. The minimum Gasteiger partial charge on any atom is -0.478 e. The van der Waals surface area contributed by atoms with Crippen molar-refractivity contribution in [3.8, 4) is 22.5 Å². The molecule has 11 nitrogen and oxygen atoms in total. The first-order chi connectivity index (χ1) is 15.7. The molecule has 2 aromatic rings. The molecule has 0 saturated heterocycles. The SMILES string of the molecule is Cc1ccc(-c2c3ccc(=N)c(S(=O)(=O)O)c-3oc3c(S(=O)(=O)O)c(N)ccc23)c(C(=O)O)c1. The molecular weight excluding hydrogens is 488 g/mol. The molecule has 1 aliphatic heterocycles. The summed E-state index contributed by atoms with van der Waals surface area (Å²) < 4.78 is 73.6. The Labute approximate surface area is 192 Å². The van der Waals surface area contributed by atoms with Crippen molar-refractivity contribution in [2.24, 2.45) is 0 Å². The molecule has 0 saturated carbocycles. The summed E-state index contributed by atoms with van der Waals surface area (Å²) in [5, 5.41) is 17.1. The number of nitrogens with one attached hydrogen (secondary N) is 1. The highest BCUT2D eigenvalue weighted by Crippen LogP contribution is 2.45. The monoisotopic (exact) mass is 504 g/mol. The van der Waals surface area contributed by atoms with Gasteiger partial charge in [-0.15, -0.1) is 0 Å². The number of aromatic carboxylic acids is 1. The lowest BCUT2D eigenvalue weighted by atomic mass is 9.90. The van der Waals surface area contributed by atoms with E-state index >= 15 is 0 Å². The van der Waals surface area contributed by atoms with Crippen LogP contribution < -0.4 is 11.1 Å². The first-order valence-corrected chi connectivity index (χ1v) is 12.3. The van der Waals surface area contributed by atoms with Gasteiger partial charge in [0.2, 0.25) is 0 Å². The van der Waals surface area contributed by atoms with Crippen molar-refractivity contribution < 1.29 is 40.3 Å². The molecule has 0 bridgehead atoms. The summed E-state index contributed by atoms with van der Waals surface area (Å²) in [6, 6.07) is 9.22. The van der Waals surface area contributed by atoms with Crippen LogP contribution in [0.5, 0.6) is 0 Å². The van der Waals surface area contributed by atoms with Crippen LogP contribution in [0.25, 0.3) is 33.4 Å². The topological polar surface area (TPSA) is 209 Å². The highest BCUT2D eigenvalue weighted by atomic mass is 32.2. The number of carbonyl (C=O) groups is 1. The van der Waals surface area contributed by atoms with Crippen molar-refractivity contribution in [3.63, 3.8) is 0 Å². The highest BCUT2D eigenvalue weighted by Gasteiger charge is 2.31. The van der Waals surface area contributed by atoms with E-state index in [1.54, 1.807) is 13.0 Å². The summed E-state index contributed by atoms with van der Waals surface area (Å²) in [6.45, 7) is 1.66. The third kappa shape index (κ3) is 3.70. The molecule has 1 heterocycles. The number of hydrogen-bond acceptors (Lipinski definition) is 8. The summed E-state index contributed by atoms with van der Waals surface area (Å²) in [4.78, 5) is 10.2. The summed E-state index contributed by atoms with van der Waals surface area (Å²) >= 11 is 0. The second-order valence-corrected chi connectivity index (χ2v) is 10.2. The lowest BCUT2D eigenvalue weighted by molar-refractivity contribution is 0.0697. The van der Waals surface area contributed by atoms with Crippen molar-refractivity contribution >= 4 is 42.9 Å². The smallest absolute Gasteiger partial charge is 0.336 e. The Kier molecular flexibility index (Phi) is 5.25. The van der Waals surface area contributed by atoms with Crippen molar-refractivity contribution in [2.75, 3.05) is 5.73 Å². The fourth-order valence-corrected chi connectivity index (χ4v) is 5.33. The third-order valence-corrected chi connectivity index (χ3v) is 7.05. The summed E-state index contributed by atoms with van der Waals surface area (Å²) in [5.41, 5.74) is 5.22. The summed E-state index contributed by atoms with van der Waals surface area (Å²) in [6.07, 6.45) is 0. The molecule has 2 aromatic carbocycles. The number of fused-ring (bicyclic) bond motifs is 2. The Hall–Kier alpha value is -3.78. The minimum atomic E-state index is -5.06. The molecule has 0 aromatic heterocycles. The van der Waals surface area contributed by atoms with Gasteiger partial charge in [-0.25, -0.2) is 4.79 Å². The van der Waals surface area contributed by atoms with E-state index in [1.807, 2.05) is 0 Å². The van der Waals surface area contributed by atoms with Crippen LogP contribution in [0.1, 0.15) is 15.9 Å². The second kappa shape index (κ2) is 7.63. The number of benzene rings is 3. The molecule has 0 radical (unpaired) electrons. The van der Waals surface area contributed by atoms with E-state index in [0.717, 1.165) is 12.1 Å². The fraction of sp³-hybridized carbons (Fsp3) is 0.0476. The van der Waals surface area contributed by atoms with Crippen LogP contribution in [0.15, 0.2) is 56.7 Å². The number of nitrogens with two attached hydrogens (primary N) is 1. The first kappa shape index (κ1) is 23.4. The lowest BCUT2D eigenvalue weighted by Crippen LogP contribution is -2.16. The van der Waals surface area contributed by atoms with Crippen LogP contribution >= 0.6 is 0 Å². The zero-order valence-electron chi connectivity index (χ0n) is 17.2. The van der Waals surface area contributed by atoms with E-state index in [-0.39, 0.29) is 27.6 Å². The molecule has 0 spiro atoms. The van der Waals surface area contributed by atoms with Gasteiger partial charge < -0.3 is 15.3 Å². The molecular formula is C21H16N2O9S2. The number of carboxylic acids is 1. The maximum Gasteiger partial charge on any atom is 0.336 e. The van der Waals surface area contributed by atoms with Crippen LogP contribution in [0.4, 0.5) is 5.69 Å². The van der Waals surface area contributed by atoms with Gasteiger partial charge in [0.15, 0.2) is 21.1 Å². The van der Waals surface area contributed by atoms with Crippen molar-refractivity contribution in [1.29, 1.82) is 5.41 Å². The molecule has 6 N–H and O–H groups in total. The van der Waals surface area contributed by atoms with Crippen LogP contribution in [-0.4, -0.2) is 37.0 Å². The number of anilines is 1. The normalized spacial score (nSPS) is 12.3. The van der Waals surface area contributed by atoms with E-state index in [2.05, 4.69) is 0 Å². The van der Waals surface area contributed by atoms with Gasteiger partial charge in [0.25, 0.3) is 20.2 Å². The number of aryl methyl sites for hydroxylation is 1. The number of nitrogen functional groups attached to an aromatic ring is 1. The maximum atomic E-state index is 12.1. The molecule has 0 amide bonds. The number of hydrogen-bond donors (Lipinski definition) is 5. The summed E-state index contributed by atoms with van der Waals surface area (Å²) in [7, 11) is -10.1. The summed E-state index contributed by atoms with van der Waals surface area (Å²) in [5.74, 6) is -1.94. The Balaban J connectivity index is 2.40. The molecule has 13 heteroatoms. The molecule has 2 aliphatic rings. The number of rotatable bonds is 4. The molecule has 1 aliphatic carbocycles. The highest BCUT2D eigenvalue weighted by molar-refractivity contribution is 7.86. The Morgan fingerprint density at radius 3 is 2.15 bits per heavy atom. The zero-order valence-corrected chi connectivity index (χ0v) is 18.9. The predicted octanol–water partition coefficient (Wildman–Crippen LogP) is 2.77. The standard InChI is InChI=1S/C21H16N2O9S2/c1-9-2-3-10(13(8-9)21(24)25)16-11-4-6-14(22)19(33(26,27)28)17(11)32-18-12(16)5-7-15(23)20(18)34(29,30)31/h2-8,22H,23H2,1H3,(H,24,25)(H,26,27,28)(H,29,30,31). The minimum absolute atomic E-state index is 0.0142. The van der Waals surface area contributed by atoms with E-state index in [4.69, 9.17) is 15.6 Å². The van der Waals surface area contributed by atoms with Gasteiger partial charge in [-0.2, -0.15) is 16.8 Å². The van der Waals surface area contributed by atoms with E-state index in [0.29, 0.717) is 5.56 Å². The lowest BCUT2D eigenvalue weighted by Gasteiger charge is -2.20. The van der Waals surface area contributed by atoms with Crippen LogP contribution in [-0.2, 0) is 20.2 Å². The van der Waals surface area contributed by atoms with E-state index in [1.165, 1.54) is 24.3 Å². The maximum absolute atomic E-state index is 12.1. The van der Waals surface area contributed by atoms with Gasteiger partial charge in [0.05, 0.1) is 16.6 Å². The largest absolute Gasteiger partial charge is 0.478 e. The average molecular weight is 504 g/mol. The first-order valence-electron chi connectivity index (χ1n) is 9.37. The average Bonchev–Trinajstić information content (AvgIpc) is 2.70. The van der Waals surface area contributed by atoms with Crippen LogP contribution in [0.2, 0.25) is 0 Å². The Bertz CT molecular complexity index is 1770. The van der Waals surface area contributed by atoms with Gasteiger partial charge in [-0.05, 0) is 42.8 Å². The van der Waals surface area contributed by atoms with E-state index < -0.39 is 58.4 Å². The van der Waals surface area contributed by atoms with Crippen LogP contribution in [0, 0.1) is 12.3 Å². The zero-order chi connectivity index (χ0) is 25.2. The Morgan fingerprint density at radius 1 is 0.941 bits per heavy atom. The molecule has 34 heavy (non-hydrogen) atoms. The predicted molar refractivity (Wildman–Crippen MR) is 120 cm³/mol. The van der Waals surface area contributed by atoms with Crippen molar-refractivity contribution in [1.82, 2.24) is 0 Å². The van der Waals surface area contributed by atoms with Crippen LogP contribution in [0.3, 0.4) is 0 Å². The van der Waals surface area contributed by atoms with Gasteiger partial charge in [0, 0.05) is 16.5 Å². The van der Waals surface area contributed by atoms with Gasteiger partial charge in [-0.3, -0.25) is 14.5 Å². The molecule has 0 fully saturated rings. The van der Waals surface area contributed by atoms with Crippen molar-refractivity contribution in [2.45, 2.75) is 16.7 Å². The van der Waals surface area contributed by atoms with Gasteiger partial charge >= 0.3 is 5.97 Å². The molecule has 0 unspecified atom stereocenters. The fourth-order valence-electron chi connectivity index (χ4n) is 3.85. The van der Waals surface area contributed by atoms with Gasteiger partial charge in [-0.1, -0.05) is 17.7 Å². The third-order valence-electron chi connectivity index (χ3n) is 5.19.